The van der Waals surface area contributed by atoms with Crippen molar-refractivity contribution in [1.29, 1.82) is 0 Å². The van der Waals surface area contributed by atoms with Gasteiger partial charge in [-0.25, -0.2) is 0 Å². The van der Waals surface area contributed by atoms with E-state index in [0.29, 0.717) is 11.8 Å². The third-order valence-electron chi connectivity index (χ3n) is 5.07. The number of rotatable bonds is 1. The van der Waals surface area contributed by atoms with Gasteiger partial charge in [-0.05, 0) is 66.6 Å². The van der Waals surface area contributed by atoms with Gasteiger partial charge in [0.1, 0.15) is 17.1 Å². The molecule has 20 heavy (non-hydrogen) atoms. The number of methoxy groups -OCH3 is 1. The van der Waals surface area contributed by atoms with Crippen LogP contribution in [0.15, 0.2) is 16.6 Å². The Labute approximate surface area is 130 Å². The zero-order chi connectivity index (χ0) is 14.5. The van der Waals surface area contributed by atoms with Crippen LogP contribution in [0, 0.1) is 11.8 Å². The van der Waals surface area contributed by atoms with E-state index in [1.165, 1.54) is 24.8 Å². The number of ether oxygens (including phenoxy) is 2. The second-order valence-electron chi connectivity index (χ2n) is 6.83. The van der Waals surface area contributed by atoms with E-state index in [1.54, 1.807) is 7.11 Å². The molecule has 0 saturated heterocycles. The maximum absolute atomic E-state index is 6.37. The van der Waals surface area contributed by atoms with Gasteiger partial charge in [0, 0.05) is 11.5 Å². The summed E-state index contributed by atoms with van der Waals surface area (Å²) >= 11 is 3.65. The van der Waals surface area contributed by atoms with Crippen LogP contribution in [-0.4, -0.2) is 12.7 Å². The first-order valence-corrected chi connectivity index (χ1v) is 8.28. The molecule has 0 radical (unpaired) electrons. The zero-order valence-electron chi connectivity index (χ0n) is 12.7. The molecule has 3 heteroatoms. The molecular weight excluding hydrogens is 316 g/mol. The molecule has 1 aromatic carbocycles. The minimum Gasteiger partial charge on any atom is -0.496 e. The predicted molar refractivity (Wildman–Crippen MR) is 84.6 cm³/mol. The standard InChI is InChI=1S/C17H23BrO2/c1-10-5-6-12-11(9-10)15-14(19-4)8-7-13(18)16(15)20-17(12,2)3/h7-8,10-12H,5-6,9H2,1-4H3. The predicted octanol–water partition coefficient (Wildman–Crippen LogP) is 5.15. The van der Waals surface area contributed by atoms with Gasteiger partial charge in [-0.3, -0.25) is 0 Å². The molecule has 110 valence electrons. The van der Waals surface area contributed by atoms with Gasteiger partial charge in [-0.15, -0.1) is 0 Å². The van der Waals surface area contributed by atoms with Gasteiger partial charge >= 0.3 is 0 Å². The Balaban J connectivity index is 2.16. The highest BCUT2D eigenvalue weighted by atomic mass is 79.9. The Morgan fingerprint density at radius 2 is 2.05 bits per heavy atom. The van der Waals surface area contributed by atoms with E-state index in [9.17, 15) is 0 Å². The lowest BCUT2D eigenvalue weighted by atomic mass is 9.64. The molecule has 1 aromatic rings. The lowest BCUT2D eigenvalue weighted by Crippen LogP contribution is -2.46. The van der Waals surface area contributed by atoms with Crippen LogP contribution in [0.3, 0.4) is 0 Å². The molecule has 0 bridgehead atoms. The molecule has 1 heterocycles. The van der Waals surface area contributed by atoms with Crippen LogP contribution < -0.4 is 9.47 Å². The fourth-order valence-electron chi connectivity index (χ4n) is 4.06. The van der Waals surface area contributed by atoms with Crippen molar-refractivity contribution in [3.63, 3.8) is 0 Å². The summed E-state index contributed by atoms with van der Waals surface area (Å²) in [6.45, 7) is 6.83. The Kier molecular flexibility index (Phi) is 3.52. The Bertz CT molecular complexity index is 524. The largest absolute Gasteiger partial charge is 0.496 e. The van der Waals surface area contributed by atoms with Crippen molar-refractivity contribution >= 4 is 15.9 Å². The Hall–Kier alpha value is -0.700. The maximum Gasteiger partial charge on any atom is 0.141 e. The third-order valence-corrected chi connectivity index (χ3v) is 5.69. The molecule has 3 unspecified atom stereocenters. The summed E-state index contributed by atoms with van der Waals surface area (Å²) in [4.78, 5) is 0. The van der Waals surface area contributed by atoms with E-state index >= 15 is 0 Å². The van der Waals surface area contributed by atoms with Crippen LogP contribution in [0.2, 0.25) is 0 Å². The van der Waals surface area contributed by atoms with Crippen LogP contribution in [0.5, 0.6) is 11.5 Å². The SMILES string of the molecule is COc1ccc(Br)c2c1C1CC(C)CCC1C(C)(C)O2. The van der Waals surface area contributed by atoms with Gasteiger partial charge in [-0.1, -0.05) is 13.3 Å². The molecule has 0 N–H and O–H groups in total. The average molecular weight is 339 g/mol. The van der Waals surface area contributed by atoms with Crippen LogP contribution >= 0.6 is 15.9 Å². The summed E-state index contributed by atoms with van der Waals surface area (Å²) in [6, 6.07) is 4.08. The molecule has 3 atom stereocenters. The average Bonchev–Trinajstić information content (AvgIpc) is 2.39. The first-order valence-electron chi connectivity index (χ1n) is 7.49. The van der Waals surface area contributed by atoms with Crippen LogP contribution in [0.1, 0.15) is 51.5 Å². The molecule has 0 amide bonds. The van der Waals surface area contributed by atoms with E-state index < -0.39 is 0 Å². The molecule has 3 rings (SSSR count). The summed E-state index contributed by atoms with van der Waals surface area (Å²) in [6.07, 6.45) is 3.78. The molecule has 0 spiro atoms. The monoisotopic (exact) mass is 338 g/mol. The lowest BCUT2D eigenvalue weighted by Gasteiger charge is -2.49. The minimum absolute atomic E-state index is 0.104. The van der Waals surface area contributed by atoms with Gasteiger partial charge in [-0.2, -0.15) is 0 Å². The lowest BCUT2D eigenvalue weighted by molar-refractivity contribution is -0.0152. The molecule has 2 nitrogen and oxygen atoms in total. The smallest absolute Gasteiger partial charge is 0.141 e. The quantitative estimate of drug-likeness (QED) is 0.705. The number of benzene rings is 1. The third kappa shape index (κ3) is 2.14. The van der Waals surface area contributed by atoms with Gasteiger partial charge < -0.3 is 9.47 Å². The fraction of sp³-hybridized carbons (Fsp3) is 0.647. The summed E-state index contributed by atoms with van der Waals surface area (Å²) in [7, 11) is 1.75. The number of fused-ring (bicyclic) bond motifs is 3. The van der Waals surface area contributed by atoms with Crippen LogP contribution in [0.25, 0.3) is 0 Å². The molecule has 1 saturated carbocycles. The van der Waals surface area contributed by atoms with E-state index in [2.05, 4.69) is 42.8 Å². The number of halogens is 1. The molecule has 1 aliphatic heterocycles. The van der Waals surface area contributed by atoms with Gasteiger partial charge in [0.15, 0.2) is 0 Å². The van der Waals surface area contributed by atoms with Gasteiger partial charge in [0.25, 0.3) is 0 Å². The second kappa shape index (κ2) is 4.94. The van der Waals surface area contributed by atoms with Crippen molar-refractivity contribution in [2.75, 3.05) is 7.11 Å². The number of hydrogen-bond donors (Lipinski definition) is 0. The Morgan fingerprint density at radius 3 is 2.75 bits per heavy atom. The number of hydrogen-bond acceptors (Lipinski definition) is 2. The van der Waals surface area contributed by atoms with E-state index in [0.717, 1.165) is 21.9 Å². The molecule has 0 aromatic heterocycles. The van der Waals surface area contributed by atoms with Crippen molar-refractivity contribution in [1.82, 2.24) is 0 Å². The van der Waals surface area contributed by atoms with Crippen molar-refractivity contribution in [3.05, 3.63) is 22.2 Å². The first kappa shape index (κ1) is 14.2. The van der Waals surface area contributed by atoms with Crippen molar-refractivity contribution in [3.8, 4) is 11.5 Å². The summed E-state index contributed by atoms with van der Waals surface area (Å²) in [5, 5.41) is 0. The van der Waals surface area contributed by atoms with E-state index in [1.807, 2.05) is 6.07 Å². The van der Waals surface area contributed by atoms with Gasteiger partial charge in [0.2, 0.25) is 0 Å². The summed E-state index contributed by atoms with van der Waals surface area (Å²) in [5.41, 5.74) is 1.17. The van der Waals surface area contributed by atoms with Crippen molar-refractivity contribution in [2.45, 2.75) is 51.6 Å². The normalized spacial score (nSPS) is 30.9. The van der Waals surface area contributed by atoms with E-state index in [4.69, 9.17) is 9.47 Å². The molecule has 1 fully saturated rings. The highest BCUT2D eigenvalue weighted by molar-refractivity contribution is 9.10. The maximum atomic E-state index is 6.37. The van der Waals surface area contributed by atoms with Crippen LogP contribution in [-0.2, 0) is 0 Å². The van der Waals surface area contributed by atoms with E-state index in [-0.39, 0.29) is 5.60 Å². The first-order chi connectivity index (χ1) is 9.44. The topological polar surface area (TPSA) is 18.5 Å². The highest BCUT2D eigenvalue weighted by Crippen LogP contribution is 2.56. The highest BCUT2D eigenvalue weighted by Gasteiger charge is 2.47. The molecule has 1 aliphatic carbocycles. The Morgan fingerprint density at radius 1 is 1.30 bits per heavy atom. The summed E-state index contributed by atoms with van der Waals surface area (Å²) in [5.74, 6) is 3.87. The zero-order valence-corrected chi connectivity index (χ0v) is 14.3. The van der Waals surface area contributed by atoms with Crippen LogP contribution in [0.4, 0.5) is 0 Å². The second-order valence-corrected chi connectivity index (χ2v) is 7.68. The van der Waals surface area contributed by atoms with Crippen molar-refractivity contribution < 1.29 is 9.47 Å². The minimum atomic E-state index is -0.104. The van der Waals surface area contributed by atoms with Crippen molar-refractivity contribution in [2.24, 2.45) is 11.8 Å². The fourth-order valence-corrected chi connectivity index (χ4v) is 4.49. The molecule has 2 aliphatic rings. The summed E-state index contributed by atoms with van der Waals surface area (Å²) < 4.78 is 13.0. The van der Waals surface area contributed by atoms with Gasteiger partial charge in [0.05, 0.1) is 11.6 Å². The molecular formula is C17H23BrO2.